The normalized spacial score (nSPS) is 10.8. The Morgan fingerprint density at radius 3 is 0.769 bits per heavy atom. The van der Waals surface area contributed by atoms with Gasteiger partial charge in [-0.25, -0.2) is 0 Å². The van der Waals surface area contributed by atoms with Crippen LogP contribution < -0.4 is 0 Å². The van der Waals surface area contributed by atoms with Crippen molar-refractivity contribution in [1.82, 2.24) is 0 Å². The molecule has 0 saturated heterocycles. The van der Waals surface area contributed by atoms with Crippen molar-refractivity contribution in [2.24, 2.45) is 0 Å². The van der Waals surface area contributed by atoms with Crippen LogP contribution in [-0.4, -0.2) is 46.3 Å². The molecule has 104 heavy (non-hydrogen) atoms. The summed E-state index contributed by atoms with van der Waals surface area (Å²) in [6, 6.07) is 52.9. The second-order valence-electron chi connectivity index (χ2n) is 32.8. The van der Waals surface area contributed by atoms with E-state index in [-0.39, 0.29) is 91.6 Å². The lowest BCUT2D eigenvalue weighted by Gasteiger charge is -2.29. The van der Waals surface area contributed by atoms with E-state index < -0.39 is 0 Å². The highest BCUT2D eigenvalue weighted by molar-refractivity contribution is 5.98. The number of aryl methyl sites for hydroxylation is 6. The number of allylic oxidation sites excluding steroid dienone is 3. The third-order valence-corrected chi connectivity index (χ3v) is 16.1. The standard InChI is InChI=1S/3C14H22.3C10H14.C7H10O2.C6H10O2.C6H8O2.C5H8O2/c1-13(2,3)11-7-9-12(10-8-11)14(4,5)6;1-13(2,3)11-8-7-9-12(10-11)14(4,5)6;1-13(2,3)11-9-7-8-10-12(11)14(4,5)6;1-3-9-5-7-10(4-2)8-6-9;1-3-9-6-5-7-10(4-2)8-9;1-3-9-7-5-6-8-10(9)4-2;1-5(7(3)9)4-6(2)8;2*1-5(7)3-4-6(2)8;1-4(6)3-5(2)7/h3*7-10H,1-6H3;3*5-8H,3-4H2,1-2H3;1,4H2,2-3H3;3-4H2,1-2H3;3-4H,1-2H3;3H2,1-2H3. The van der Waals surface area contributed by atoms with E-state index in [9.17, 15) is 38.4 Å². The van der Waals surface area contributed by atoms with Crippen LogP contribution in [0.2, 0.25) is 0 Å². The summed E-state index contributed by atoms with van der Waals surface area (Å²) >= 11 is 0. The fourth-order valence-corrected chi connectivity index (χ4v) is 9.40. The minimum atomic E-state index is -0.106. The molecule has 6 aromatic rings. The monoisotopic (exact) mass is 1430 g/mol. The number of Topliss-reactive ketones (excluding diaryl/α,β-unsaturated/α-hetero) is 6. The molecule has 6 aromatic carbocycles. The molecule has 0 atom stereocenters. The number of carbonyl (C=O) groups excluding carboxylic acids is 8. The van der Waals surface area contributed by atoms with E-state index in [2.05, 4.69) is 318 Å². The number of rotatable bonds is 16. The number of hydrogen-bond acceptors (Lipinski definition) is 8. The Bertz CT molecular complexity index is 3320. The molecule has 0 amide bonds. The summed E-state index contributed by atoms with van der Waals surface area (Å²) in [4.78, 5) is 81.4. The van der Waals surface area contributed by atoms with Gasteiger partial charge < -0.3 is 9.59 Å². The first-order valence-electron chi connectivity index (χ1n) is 37.6. The maximum absolute atomic E-state index is 10.4. The molecule has 576 valence electrons. The van der Waals surface area contributed by atoms with Crippen LogP contribution in [0.3, 0.4) is 0 Å². The van der Waals surface area contributed by atoms with Gasteiger partial charge in [-0.3, -0.25) is 28.8 Å². The number of ketones is 8. The van der Waals surface area contributed by atoms with Crippen molar-refractivity contribution < 1.29 is 38.4 Å². The van der Waals surface area contributed by atoms with Crippen LogP contribution >= 0.6 is 0 Å². The molecular weight excluding hydrogens is 1280 g/mol. The summed E-state index contributed by atoms with van der Waals surface area (Å²) in [5.74, 6) is -0.277. The molecule has 0 aliphatic heterocycles. The average molecular weight is 1430 g/mol. The van der Waals surface area contributed by atoms with Gasteiger partial charge in [0.1, 0.15) is 28.9 Å². The average Bonchev–Trinajstić information content (AvgIpc) is 0.671. The molecule has 8 nitrogen and oxygen atoms in total. The second kappa shape index (κ2) is 52.2. The lowest BCUT2D eigenvalue weighted by atomic mass is 9.75. The Hall–Kier alpha value is -7.84. The van der Waals surface area contributed by atoms with Crippen molar-refractivity contribution in [1.29, 1.82) is 0 Å². The molecule has 0 saturated carbocycles. The van der Waals surface area contributed by atoms with Crippen molar-refractivity contribution in [3.8, 4) is 0 Å². The molecule has 0 aromatic heterocycles. The predicted octanol–water partition coefficient (Wildman–Crippen LogP) is 24.6. The van der Waals surface area contributed by atoms with Crippen LogP contribution in [-0.2, 0) is 109 Å². The van der Waals surface area contributed by atoms with Crippen LogP contribution in [0.5, 0.6) is 0 Å². The van der Waals surface area contributed by atoms with Gasteiger partial charge in [0.05, 0.1) is 6.42 Å². The molecule has 0 spiro atoms. The molecular formula is C96H144O8. The molecule has 0 aliphatic carbocycles. The highest BCUT2D eigenvalue weighted by Crippen LogP contribution is 2.34. The van der Waals surface area contributed by atoms with Gasteiger partial charge in [0.15, 0.2) is 17.3 Å². The van der Waals surface area contributed by atoms with E-state index in [0.29, 0.717) is 18.4 Å². The first-order chi connectivity index (χ1) is 47.7. The third-order valence-electron chi connectivity index (χ3n) is 16.1. The summed E-state index contributed by atoms with van der Waals surface area (Å²) in [5.41, 5.74) is 19.2. The SMILES string of the molecule is C=C(CC(C)=O)C(C)=O.CC(=O)C=CC(C)=O.CC(=O)CC(C)=O.CC(=O)CCC(C)=O.CC(C)(C)c1ccc(C(C)(C)C)cc1.CC(C)(C)c1cccc(C(C)(C)C)c1.CC(C)(C)c1ccccc1C(C)(C)C.CCc1ccc(CC)cc1.CCc1cccc(CC)c1.CCc1ccccc1CC. The maximum Gasteiger partial charge on any atom is 0.155 e. The molecule has 0 heterocycles. The van der Waals surface area contributed by atoms with Gasteiger partial charge in [0.2, 0.25) is 0 Å². The molecule has 8 heteroatoms. The molecule has 6 rings (SSSR count). The van der Waals surface area contributed by atoms with Gasteiger partial charge in [0, 0.05) is 19.3 Å². The zero-order valence-electron chi connectivity index (χ0n) is 71.6. The number of benzene rings is 6. The van der Waals surface area contributed by atoms with E-state index in [1.165, 1.54) is 134 Å². The smallest absolute Gasteiger partial charge is 0.155 e. The Morgan fingerprint density at radius 2 is 0.567 bits per heavy atom. The van der Waals surface area contributed by atoms with Crippen molar-refractivity contribution in [2.45, 2.75) is 318 Å². The third kappa shape index (κ3) is 53.0. The number of carbonyl (C=O) groups is 8. The van der Waals surface area contributed by atoms with Crippen LogP contribution in [0.15, 0.2) is 170 Å². The van der Waals surface area contributed by atoms with Crippen molar-refractivity contribution in [2.75, 3.05) is 0 Å². The van der Waals surface area contributed by atoms with E-state index >= 15 is 0 Å². The summed E-state index contributed by atoms with van der Waals surface area (Å²) in [6.07, 6.45) is 10.5. The quantitative estimate of drug-likeness (QED) is 0.0690. The lowest BCUT2D eigenvalue weighted by Crippen LogP contribution is -2.21. The minimum Gasteiger partial charge on any atom is -0.300 e. The minimum absolute atomic E-state index is 0.0183. The topological polar surface area (TPSA) is 137 Å². The van der Waals surface area contributed by atoms with Crippen LogP contribution in [0.4, 0.5) is 0 Å². The molecule has 0 N–H and O–H groups in total. The summed E-state index contributed by atoms with van der Waals surface area (Å²) in [6.45, 7) is 68.7. The Kier molecular flexibility index (Phi) is 51.4. The maximum atomic E-state index is 10.4. The fourth-order valence-electron chi connectivity index (χ4n) is 9.40. The van der Waals surface area contributed by atoms with Crippen molar-refractivity contribution >= 4 is 46.3 Å². The van der Waals surface area contributed by atoms with Crippen molar-refractivity contribution in [3.05, 3.63) is 237 Å². The first-order valence-corrected chi connectivity index (χ1v) is 37.6. The molecule has 0 aliphatic rings. The fraction of sp³-hybridized carbons (Fsp3) is 0.500. The van der Waals surface area contributed by atoms with E-state index in [1.54, 1.807) is 0 Å². The Balaban J connectivity index is -0.000000539. The van der Waals surface area contributed by atoms with Crippen molar-refractivity contribution in [3.63, 3.8) is 0 Å². The molecule has 0 radical (unpaired) electrons. The van der Waals surface area contributed by atoms with Crippen LogP contribution in [0.1, 0.15) is 314 Å². The first kappa shape index (κ1) is 103. The van der Waals surface area contributed by atoms with E-state index in [1.807, 2.05) is 0 Å². The summed E-state index contributed by atoms with van der Waals surface area (Å²) in [7, 11) is 0. The Morgan fingerprint density at radius 1 is 0.288 bits per heavy atom. The highest BCUT2D eigenvalue weighted by atomic mass is 16.2. The summed E-state index contributed by atoms with van der Waals surface area (Å²) < 4.78 is 0. The molecule has 0 bridgehead atoms. The van der Waals surface area contributed by atoms with Gasteiger partial charge >= 0.3 is 0 Å². The largest absolute Gasteiger partial charge is 0.300 e. The van der Waals surface area contributed by atoms with Crippen LogP contribution in [0, 0.1) is 0 Å². The second-order valence-corrected chi connectivity index (χ2v) is 32.8. The summed E-state index contributed by atoms with van der Waals surface area (Å²) in [5, 5.41) is 0. The van der Waals surface area contributed by atoms with Crippen LogP contribution in [0.25, 0.3) is 0 Å². The van der Waals surface area contributed by atoms with Gasteiger partial charge in [-0.15, -0.1) is 0 Å². The van der Waals surface area contributed by atoms with Gasteiger partial charge in [-0.2, -0.15) is 0 Å². The van der Waals surface area contributed by atoms with E-state index in [0.717, 1.165) is 38.5 Å². The van der Waals surface area contributed by atoms with Gasteiger partial charge in [-0.05, 0) is 211 Å². The zero-order valence-corrected chi connectivity index (χ0v) is 71.6. The molecule has 0 unspecified atom stereocenters. The van der Waals surface area contributed by atoms with E-state index in [4.69, 9.17) is 0 Å². The van der Waals surface area contributed by atoms with Gasteiger partial charge in [-0.1, -0.05) is 318 Å². The zero-order chi connectivity index (χ0) is 81.6. The number of hydrogen-bond donors (Lipinski definition) is 0. The molecule has 0 fully saturated rings. The Labute approximate surface area is 636 Å². The lowest BCUT2D eigenvalue weighted by molar-refractivity contribution is -0.125. The highest BCUT2D eigenvalue weighted by Gasteiger charge is 2.24. The van der Waals surface area contributed by atoms with Gasteiger partial charge in [0.25, 0.3) is 0 Å². The predicted molar refractivity (Wildman–Crippen MR) is 449 cm³/mol.